The van der Waals surface area contributed by atoms with Crippen molar-refractivity contribution < 1.29 is 19.4 Å². The van der Waals surface area contributed by atoms with Crippen molar-refractivity contribution in [2.24, 2.45) is 5.41 Å². The maximum absolute atomic E-state index is 11.4. The first-order chi connectivity index (χ1) is 16.5. The van der Waals surface area contributed by atoms with E-state index in [1.807, 2.05) is 18.3 Å². The predicted octanol–water partition coefficient (Wildman–Crippen LogP) is 5.71. The van der Waals surface area contributed by atoms with Crippen molar-refractivity contribution in [2.45, 2.75) is 58.2 Å². The molecule has 2 N–H and O–H groups in total. The minimum atomic E-state index is -0.891. The number of hydrogen-bond donors (Lipinski definition) is 2. The van der Waals surface area contributed by atoms with E-state index in [-0.39, 0.29) is 11.5 Å². The van der Waals surface area contributed by atoms with Crippen molar-refractivity contribution in [3.63, 3.8) is 0 Å². The third-order valence-corrected chi connectivity index (χ3v) is 8.13. The fourth-order valence-corrected chi connectivity index (χ4v) is 6.14. The van der Waals surface area contributed by atoms with Gasteiger partial charge in [0.2, 0.25) is 0 Å². The van der Waals surface area contributed by atoms with E-state index in [4.69, 9.17) is 9.47 Å². The number of aromatic carboxylic acids is 1. The zero-order valence-electron chi connectivity index (χ0n) is 20.3. The van der Waals surface area contributed by atoms with Gasteiger partial charge in [-0.3, -0.25) is 4.90 Å². The number of piperidine rings is 1. The molecule has 3 aromatic rings. The molecule has 2 aromatic carbocycles. The van der Waals surface area contributed by atoms with Gasteiger partial charge in [0.1, 0.15) is 5.75 Å². The van der Waals surface area contributed by atoms with Crippen molar-refractivity contribution in [2.75, 3.05) is 20.3 Å². The summed E-state index contributed by atoms with van der Waals surface area (Å²) < 4.78 is 12.0. The summed E-state index contributed by atoms with van der Waals surface area (Å²) in [4.78, 5) is 17.3. The number of hydrogen-bond acceptors (Lipinski definition) is 4. The van der Waals surface area contributed by atoms with E-state index in [2.05, 4.69) is 35.9 Å². The van der Waals surface area contributed by atoms with E-state index < -0.39 is 5.97 Å². The topological polar surface area (TPSA) is 74.8 Å². The Morgan fingerprint density at radius 1 is 1.24 bits per heavy atom. The Bertz CT molecular complexity index is 1190. The smallest absolute Gasteiger partial charge is 0.335 e. The van der Waals surface area contributed by atoms with Crippen molar-refractivity contribution in [1.29, 1.82) is 0 Å². The number of nitrogens with one attached hydrogen (secondary N) is 1. The van der Waals surface area contributed by atoms with E-state index >= 15 is 0 Å². The molecule has 2 fully saturated rings. The predicted molar refractivity (Wildman–Crippen MR) is 132 cm³/mol. The standard InChI is InChI=1S/C28H34N2O4/c1-4-34-25-9-11-28(25)12-14-30(23(16-28)19-5-7-20(8-6-19)27(31)32)17-22-21-10-13-29-26(21)18(2)15-24(22)33-3/h5-8,10,13,15,23,25,29H,4,9,11-12,14,16-17H2,1-3H3,(H,31,32). The Morgan fingerprint density at radius 3 is 2.68 bits per heavy atom. The summed E-state index contributed by atoms with van der Waals surface area (Å²) in [5.74, 6) is 0.0267. The first kappa shape index (κ1) is 22.9. The molecule has 1 saturated heterocycles. The SMILES string of the molecule is CCOC1CCC12CCN(Cc1c(OC)cc(C)c3[nH]ccc13)C(c1ccc(C(=O)O)cc1)C2. The molecule has 34 heavy (non-hydrogen) atoms. The van der Waals surface area contributed by atoms with E-state index in [9.17, 15) is 9.90 Å². The average molecular weight is 463 g/mol. The third kappa shape index (κ3) is 3.89. The normalized spacial score (nSPS) is 24.9. The monoisotopic (exact) mass is 462 g/mol. The summed E-state index contributed by atoms with van der Waals surface area (Å²) in [5.41, 5.74) is 5.23. The van der Waals surface area contributed by atoms with Crippen molar-refractivity contribution in [1.82, 2.24) is 9.88 Å². The van der Waals surface area contributed by atoms with Gasteiger partial charge in [-0.05, 0) is 86.9 Å². The van der Waals surface area contributed by atoms with Gasteiger partial charge in [0.15, 0.2) is 0 Å². The van der Waals surface area contributed by atoms with Crippen LogP contribution >= 0.6 is 0 Å². The number of likely N-dealkylation sites (tertiary alicyclic amines) is 1. The lowest BCUT2D eigenvalue weighted by Gasteiger charge is -2.56. The second-order valence-corrected chi connectivity index (χ2v) is 9.85. The highest BCUT2D eigenvalue weighted by Crippen LogP contribution is 2.55. The van der Waals surface area contributed by atoms with Crippen LogP contribution in [0.25, 0.3) is 10.9 Å². The highest BCUT2D eigenvalue weighted by atomic mass is 16.5. The Hall–Kier alpha value is -2.83. The van der Waals surface area contributed by atoms with Crippen LogP contribution in [-0.4, -0.2) is 47.3 Å². The highest BCUT2D eigenvalue weighted by Gasteiger charge is 2.51. The summed E-state index contributed by atoms with van der Waals surface area (Å²) in [7, 11) is 1.74. The molecule has 1 saturated carbocycles. The number of aromatic amines is 1. The average Bonchev–Trinajstić information content (AvgIpc) is 3.34. The van der Waals surface area contributed by atoms with Crippen LogP contribution in [0.15, 0.2) is 42.6 Å². The summed E-state index contributed by atoms with van der Waals surface area (Å²) in [6.07, 6.45) is 6.79. The number of nitrogens with zero attached hydrogens (tertiary/aromatic N) is 1. The van der Waals surface area contributed by atoms with Crippen LogP contribution in [0.3, 0.4) is 0 Å². The number of aryl methyl sites for hydroxylation is 1. The molecule has 5 rings (SSSR count). The van der Waals surface area contributed by atoms with Crippen LogP contribution in [0, 0.1) is 12.3 Å². The molecule has 6 heteroatoms. The quantitative estimate of drug-likeness (QED) is 0.471. The number of carboxylic acids is 1. The van der Waals surface area contributed by atoms with E-state index in [0.717, 1.165) is 50.2 Å². The number of aromatic nitrogens is 1. The van der Waals surface area contributed by atoms with Crippen molar-refractivity contribution >= 4 is 16.9 Å². The molecule has 1 aliphatic heterocycles. The lowest BCUT2D eigenvalue weighted by molar-refractivity contribution is -0.146. The van der Waals surface area contributed by atoms with E-state index in [0.29, 0.717) is 11.7 Å². The molecule has 1 spiro atoms. The number of methoxy groups -OCH3 is 1. The van der Waals surface area contributed by atoms with Gasteiger partial charge in [-0.25, -0.2) is 4.79 Å². The van der Waals surface area contributed by atoms with Gasteiger partial charge in [-0.2, -0.15) is 0 Å². The maximum atomic E-state index is 11.4. The Balaban J connectivity index is 1.51. The molecule has 6 nitrogen and oxygen atoms in total. The molecule has 1 aliphatic carbocycles. The van der Waals surface area contributed by atoms with Gasteiger partial charge in [-0.15, -0.1) is 0 Å². The van der Waals surface area contributed by atoms with Crippen molar-refractivity contribution in [3.8, 4) is 5.75 Å². The second-order valence-electron chi connectivity index (χ2n) is 9.85. The zero-order chi connectivity index (χ0) is 23.9. The minimum Gasteiger partial charge on any atom is -0.496 e. The van der Waals surface area contributed by atoms with Gasteiger partial charge in [0, 0.05) is 41.9 Å². The molecule has 0 bridgehead atoms. The van der Waals surface area contributed by atoms with Gasteiger partial charge >= 0.3 is 5.97 Å². The van der Waals surface area contributed by atoms with Crippen LogP contribution in [0.1, 0.15) is 65.7 Å². The second kappa shape index (κ2) is 9.08. The first-order valence-corrected chi connectivity index (χ1v) is 12.3. The van der Waals surface area contributed by atoms with Crippen LogP contribution in [-0.2, 0) is 11.3 Å². The van der Waals surface area contributed by atoms with Crippen LogP contribution < -0.4 is 4.74 Å². The number of carbonyl (C=O) groups is 1. The number of benzene rings is 2. The zero-order valence-corrected chi connectivity index (χ0v) is 20.3. The number of ether oxygens (including phenoxy) is 2. The summed E-state index contributed by atoms with van der Waals surface area (Å²) in [6.45, 7) is 6.68. The minimum absolute atomic E-state index is 0.194. The number of rotatable bonds is 7. The van der Waals surface area contributed by atoms with Gasteiger partial charge in [0.25, 0.3) is 0 Å². The molecular formula is C28H34N2O4. The molecule has 1 aromatic heterocycles. The summed E-state index contributed by atoms with van der Waals surface area (Å²) in [6, 6.07) is 11.9. The largest absolute Gasteiger partial charge is 0.496 e. The molecule has 3 unspecified atom stereocenters. The fourth-order valence-electron chi connectivity index (χ4n) is 6.14. The van der Waals surface area contributed by atoms with Gasteiger partial charge in [-0.1, -0.05) is 12.1 Å². The fraction of sp³-hybridized carbons (Fsp3) is 0.464. The number of H-pyrrole nitrogens is 1. The molecule has 0 radical (unpaired) electrons. The van der Waals surface area contributed by atoms with Gasteiger partial charge in [0.05, 0.1) is 18.8 Å². The van der Waals surface area contributed by atoms with E-state index in [1.54, 1.807) is 19.2 Å². The summed E-state index contributed by atoms with van der Waals surface area (Å²) >= 11 is 0. The Labute approximate surface area is 200 Å². The maximum Gasteiger partial charge on any atom is 0.335 e. The summed E-state index contributed by atoms with van der Waals surface area (Å²) in [5, 5.41) is 10.6. The molecule has 2 aliphatic rings. The molecule has 3 atom stereocenters. The van der Waals surface area contributed by atoms with Crippen LogP contribution in [0.5, 0.6) is 5.75 Å². The Morgan fingerprint density at radius 2 is 2.03 bits per heavy atom. The van der Waals surface area contributed by atoms with E-state index in [1.165, 1.54) is 28.5 Å². The van der Waals surface area contributed by atoms with Crippen LogP contribution in [0.4, 0.5) is 0 Å². The lowest BCUT2D eigenvalue weighted by atomic mass is 9.58. The third-order valence-electron chi connectivity index (χ3n) is 8.13. The molecular weight excluding hydrogens is 428 g/mol. The highest BCUT2D eigenvalue weighted by molar-refractivity contribution is 5.88. The van der Waals surface area contributed by atoms with Crippen LogP contribution in [0.2, 0.25) is 0 Å². The van der Waals surface area contributed by atoms with Gasteiger partial charge < -0.3 is 19.6 Å². The molecule has 180 valence electrons. The molecule has 0 amide bonds. The van der Waals surface area contributed by atoms with Crippen molar-refractivity contribution in [3.05, 3.63) is 64.8 Å². The lowest BCUT2D eigenvalue weighted by Crippen LogP contribution is -2.54. The number of fused-ring (bicyclic) bond motifs is 1. The Kier molecular flexibility index (Phi) is 6.13. The first-order valence-electron chi connectivity index (χ1n) is 12.3. The number of carboxylic acid groups (broad SMARTS) is 1. The molecule has 2 heterocycles.